The summed E-state index contributed by atoms with van der Waals surface area (Å²) in [6, 6.07) is 1.75. The van der Waals surface area contributed by atoms with E-state index < -0.39 is 5.97 Å². The zero-order valence-electron chi connectivity index (χ0n) is 10.2. The second-order valence-corrected chi connectivity index (χ2v) is 6.05. The van der Waals surface area contributed by atoms with E-state index in [1.165, 1.54) is 0 Å². The second-order valence-electron chi connectivity index (χ2n) is 3.85. The first-order valence-electron chi connectivity index (χ1n) is 5.34. The molecule has 0 aliphatic carbocycles. The summed E-state index contributed by atoms with van der Waals surface area (Å²) in [5.74, 6) is -0.988. The van der Waals surface area contributed by atoms with Gasteiger partial charge < -0.3 is 5.11 Å². The van der Waals surface area contributed by atoms with Crippen LogP contribution in [0, 0.1) is 17.4 Å². The van der Waals surface area contributed by atoms with E-state index in [1.807, 2.05) is 6.92 Å². The number of aryl methyl sites for hydroxylation is 2. The summed E-state index contributed by atoms with van der Waals surface area (Å²) >= 11 is 3.27. The molecule has 2 heterocycles. The first kappa shape index (κ1) is 14.2. The number of aromatic carboxylic acids is 1. The maximum Gasteiger partial charge on any atom is 0.338 e. The van der Waals surface area contributed by atoms with E-state index in [9.17, 15) is 9.90 Å². The summed E-state index contributed by atoms with van der Waals surface area (Å²) in [5, 5.41) is 10.2. The lowest BCUT2D eigenvalue weighted by atomic mass is 10.1. The summed E-state index contributed by atoms with van der Waals surface area (Å²) in [6.07, 6.45) is 3.36. The van der Waals surface area contributed by atoms with Gasteiger partial charge in [-0.2, -0.15) is 0 Å². The zero-order valence-corrected chi connectivity index (χ0v) is 13.2. The van der Waals surface area contributed by atoms with Crippen LogP contribution in [0.4, 0.5) is 0 Å². The Kier molecular flexibility index (Phi) is 4.35. The number of hydrogen-bond acceptors (Lipinski definition) is 5. The van der Waals surface area contributed by atoms with Crippen LogP contribution < -0.4 is 0 Å². The minimum absolute atomic E-state index is 0.206. The molecular formula is C12H10IN3O2S. The van der Waals surface area contributed by atoms with Crippen molar-refractivity contribution >= 4 is 40.3 Å². The lowest BCUT2D eigenvalue weighted by molar-refractivity contribution is 0.0691. The molecule has 2 aromatic heterocycles. The van der Waals surface area contributed by atoms with Gasteiger partial charge in [0.25, 0.3) is 0 Å². The molecule has 0 saturated heterocycles. The topological polar surface area (TPSA) is 76.0 Å². The van der Waals surface area contributed by atoms with Gasteiger partial charge in [-0.1, -0.05) is 0 Å². The molecule has 0 aliphatic heterocycles. The molecule has 19 heavy (non-hydrogen) atoms. The standard InChI is InChI=1S/C12H10IN3O2S/c1-6-3-7(2)16-10(9(6)11(17)18)19-12-14-4-8(13)5-15-12/h3-5H,1-2H3,(H,17,18). The number of halogens is 1. The fourth-order valence-corrected chi connectivity index (χ4v) is 2.78. The van der Waals surface area contributed by atoms with Gasteiger partial charge in [0.2, 0.25) is 0 Å². The number of carboxylic acids is 1. The van der Waals surface area contributed by atoms with Crippen molar-refractivity contribution in [1.82, 2.24) is 15.0 Å². The summed E-state index contributed by atoms with van der Waals surface area (Å²) < 4.78 is 0.925. The van der Waals surface area contributed by atoms with Gasteiger partial charge in [-0.3, -0.25) is 0 Å². The maximum atomic E-state index is 11.3. The molecular weight excluding hydrogens is 377 g/mol. The van der Waals surface area contributed by atoms with Gasteiger partial charge >= 0.3 is 5.97 Å². The van der Waals surface area contributed by atoms with Gasteiger partial charge in [0, 0.05) is 21.7 Å². The highest BCUT2D eigenvalue weighted by Crippen LogP contribution is 2.28. The Hall–Kier alpha value is -1.22. The molecule has 0 spiro atoms. The van der Waals surface area contributed by atoms with Crippen LogP contribution in [0.25, 0.3) is 0 Å². The van der Waals surface area contributed by atoms with Crippen molar-refractivity contribution in [2.24, 2.45) is 0 Å². The van der Waals surface area contributed by atoms with Crippen LogP contribution in [-0.4, -0.2) is 26.0 Å². The Morgan fingerprint density at radius 3 is 2.53 bits per heavy atom. The average molecular weight is 387 g/mol. The van der Waals surface area contributed by atoms with Gasteiger partial charge in [-0.25, -0.2) is 19.7 Å². The molecule has 1 N–H and O–H groups in total. The van der Waals surface area contributed by atoms with Crippen LogP contribution in [0.5, 0.6) is 0 Å². The molecule has 5 nitrogen and oxygen atoms in total. The van der Waals surface area contributed by atoms with Gasteiger partial charge in [0.05, 0.1) is 5.56 Å². The third-order valence-corrected chi connectivity index (χ3v) is 3.75. The highest BCUT2D eigenvalue weighted by Gasteiger charge is 2.17. The number of hydrogen-bond donors (Lipinski definition) is 1. The van der Waals surface area contributed by atoms with Crippen molar-refractivity contribution in [1.29, 1.82) is 0 Å². The molecule has 0 saturated carbocycles. The molecule has 0 aliphatic rings. The molecule has 0 atom stereocenters. The number of pyridine rings is 1. The lowest BCUT2D eigenvalue weighted by Gasteiger charge is -2.08. The highest BCUT2D eigenvalue weighted by molar-refractivity contribution is 14.1. The van der Waals surface area contributed by atoms with E-state index in [2.05, 4.69) is 37.5 Å². The van der Waals surface area contributed by atoms with Gasteiger partial charge in [0.15, 0.2) is 5.16 Å². The SMILES string of the molecule is Cc1cc(C)c(C(=O)O)c(Sc2ncc(I)cn2)n1. The van der Waals surface area contributed by atoms with E-state index in [0.717, 1.165) is 21.0 Å². The van der Waals surface area contributed by atoms with E-state index in [4.69, 9.17) is 0 Å². The molecule has 0 unspecified atom stereocenters. The number of carboxylic acid groups (broad SMARTS) is 1. The largest absolute Gasteiger partial charge is 0.478 e. The van der Waals surface area contributed by atoms with Gasteiger partial charge in [-0.15, -0.1) is 0 Å². The van der Waals surface area contributed by atoms with Crippen molar-refractivity contribution in [2.45, 2.75) is 24.0 Å². The third kappa shape index (κ3) is 3.41. The Balaban J connectivity index is 2.44. The number of rotatable bonds is 3. The maximum absolute atomic E-state index is 11.3. The predicted octanol–water partition coefficient (Wildman–Crippen LogP) is 2.94. The quantitative estimate of drug-likeness (QED) is 0.645. The molecule has 0 radical (unpaired) electrons. The van der Waals surface area contributed by atoms with E-state index in [0.29, 0.717) is 15.7 Å². The summed E-state index contributed by atoms with van der Waals surface area (Å²) in [5.41, 5.74) is 1.67. The normalized spacial score (nSPS) is 10.5. The van der Waals surface area contributed by atoms with Crippen LogP contribution in [0.3, 0.4) is 0 Å². The Morgan fingerprint density at radius 1 is 1.32 bits per heavy atom. The first-order valence-corrected chi connectivity index (χ1v) is 7.24. The Morgan fingerprint density at radius 2 is 1.95 bits per heavy atom. The van der Waals surface area contributed by atoms with E-state index in [-0.39, 0.29) is 5.56 Å². The fourth-order valence-electron chi connectivity index (χ4n) is 1.58. The fraction of sp³-hybridized carbons (Fsp3) is 0.167. The van der Waals surface area contributed by atoms with Crippen LogP contribution in [-0.2, 0) is 0 Å². The van der Waals surface area contributed by atoms with Crippen molar-refractivity contribution in [2.75, 3.05) is 0 Å². The molecule has 0 fully saturated rings. The first-order chi connectivity index (χ1) is 8.97. The van der Waals surface area contributed by atoms with Crippen molar-refractivity contribution in [3.63, 3.8) is 0 Å². The van der Waals surface area contributed by atoms with Gasteiger partial charge in [0.1, 0.15) is 5.03 Å². The van der Waals surface area contributed by atoms with E-state index in [1.54, 1.807) is 25.4 Å². The predicted molar refractivity (Wildman–Crippen MR) is 79.5 cm³/mol. The smallest absolute Gasteiger partial charge is 0.338 e. The molecule has 2 rings (SSSR count). The second kappa shape index (κ2) is 5.83. The third-order valence-electron chi connectivity index (χ3n) is 2.31. The number of nitrogens with zero attached hydrogens (tertiary/aromatic N) is 3. The minimum atomic E-state index is -0.988. The van der Waals surface area contributed by atoms with Gasteiger partial charge in [-0.05, 0) is 59.8 Å². The van der Waals surface area contributed by atoms with Crippen LogP contribution in [0.1, 0.15) is 21.6 Å². The molecule has 0 bridgehead atoms. The number of aromatic nitrogens is 3. The highest BCUT2D eigenvalue weighted by atomic mass is 127. The monoisotopic (exact) mass is 387 g/mol. The summed E-state index contributed by atoms with van der Waals surface area (Å²) in [7, 11) is 0. The van der Waals surface area contributed by atoms with Crippen molar-refractivity contribution in [3.05, 3.63) is 38.9 Å². The summed E-state index contributed by atoms with van der Waals surface area (Å²) in [4.78, 5) is 23.9. The van der Waals surface area contributed by atoms with Crippen molar-refractivity contribution < 1.29 is 9.90 Å². The van der Waals surface area contributed by atoms with Crippen LogP contribution >= 0.6 is 34.4 Å². The Bertz CT molecular complexity index is 632. The number of carbonyl (C=O) groups is 1. The summed E-state index contributed by atoms with van der Waals surface area (Å²) in [6.45, 7) is 3.59. The molecule has 7 heteroatoms. The Labute approximate surface area is 128 Å². The average Bonchev–Trinajstić information content (AvgIpc) is 2.30. The minimum Gasteiger partial charge on any atom is -0.478 e. The van der Waals surface area contributed by atoms with Crippen LogP contribution in [0.2, 0.25) is 0 Å². The van der Waals surface area contributed by atoms with Crippen LogP contribution in [0.15, 0.2) is 28.6 Å². The zero-order chi connectivity index (χ0) is 14.0. The lowest BCUT2D eigenvalue weighted by Crippen LogP contribution is -2.05. The van der Waals surface area contributed by atoms with E-state index >= 15 is 0 Å². The molecule has 0 amide bonds. The van der Waals surface area contributed by atoms with Crippen molar-refractivity contribution in [3.8, 4) is 0 Å². The molecule has 0 aromatic carbocycles. The molecule has 98 valence electrons. The molecule has 2 aromatic rings.